The molecule has 1 heterocycles. The Morgan fingerprint density at radius 3 is 2.56 bits per heavy atom. The molecule has 0 fully saturated rings. The van der Waals surface area contributed by atoms with Gasteiger partial charge in [0.2, 0.25) is 0 Å². The molecule has 0 aliphatic rings. The van der Waals surface area contributed by atoms with Crippen LogP contribution in [0.4, 0.5) is 5.82 Å². The zero-order valence-electron chi connectivity index (χ0n) is 9.58. The minimum absolute atomic E-state index is 0.0572. The van der Waals surface area contributed by atoms with Crippen molar-refractivity contribution in [2.24, 2.45) is 0 Å². The normalized spacial score (nSPS) is 10.7. The van der Waals surface area contributed by atoms with E-state index >= 15 is 0 Å². The molecule has 2 N–H and O–H groups in total. The summed E-state index contributed by atoms with van der Waals surface area (Å²) >= 11 is 3.33. The molecule has 0 amide bonds. The van der Waals surface area contributed by atoms with Crippen LogP contribution in [0.1, 0.15) is 10.4 Å². The fourth-order valence-corrected chi connectivity index (χ4v) is 1.73. The maximum Gasteiger partial charge on any atom is 0.276 e. The first-order valence-electron chi connectivity index (χ1n) is 5.40. The standard InChI is InChI=1S/C14H11BrN2O/c15-12-6-4-11(5-7-12)13(18)8-10-17-9-2-1-3-14(17)16/h1-10,16H/p+1. The van der Waals surface area contributed by atoms with Crippen molar-refractivity contribution < 1.29 is 9.36 Å². The largest absolute Gasteiger partial charge is 0.289 e. The molecule has 0 unspecified atom stereocenters. The van der Waals surface area contributed by atoms with E-state index in [1.165, 1.54) is 6.08 Å². The summed E-state index contributed by atoms with van der Waals surface area (Å²) in [5, 5.41) is 0. The van der Waals surface area contributed by atoms with Crippen molar-refractivity contribution in [1.29, 1.82) is 0 Å². The lowest BCUT2D eigenvalue weighted by Crippen LogP contribution is -2.29. The number of benzene rings is 1. The number of ketones is 1. The molecule has 1 aromatic carbocycles. The lowest BCUT2D eigenvalue weighted by atomic mass is 10.1. The van der Waals surface area contributed by atoms with Gasteiger partial charge in [0.1, 0.15) is 0 Å². The number of hydrogen-bond donors (Lipinski definition) is 1. The topological polar surface area (TPSA) is 47.0 Å². The molecule has 90 valence electrons. The van der Waals surface area contributed by atoms with Crippen molar-refractivity contribution in [3.63, 3.8) is 0 Å². The van der Waals surface area contributed by atoms with Gasteiger partial charge in [-0.05, 0) is 30.3 Å². The molecule has 0 aliphatic heterocycles. The summed E-state index contributed by atoms with van der Waals surface area (Å²) in [6.45, 7) is 0. The number of rotatable bonds is 3. The third-order valence-electron chi connectivity index (χ3n) is 2.44. The smallest absolute Gasteiger partial charge is 0.276 e. The third-order valence-corrected chi connectivity index (χ3v) is 2.97. The van der Waals surface area contributed by atoms with Crippen LogP contribution in [0.25, 0.3) is 6.20 Å². The minimum Gasteiger partial charge on any atom is -0.289 e. The summed E-state index contributed by atoms with van der Waals surface area (Å²) in [4.78, 5) is 11.9. The van der Waals surface area contributed by atoms with Crippen LogP contribution < -0.4 is 10.3 Å². The van der Waals surface area contributed by atoms with Gasteiger partial charge in [0.05, 0.1) is 12.4 Å². The first-order chi connectivity index (χ1) is 8.66. The molecule has 3 nitrogen and oxygen atoms in total. The van der Waals surface area contributed by atoms with Gasteiger partial charge in [-0.15, -0.1) is 0 Å². The first-order valence-corrected chi connectivity index (χ1v) is 6.20. The van der Waals surface area contributed by atoms with Crippen LogP contribution in [0.3, 0.4) is 0 Å². The SMILES string of the molecule is Nc1cccc[n+]1C=CC(=O)c1ccc(Br)cc1. The highest BCUT2D eigenvalue weighted by Gasteiger charge is 2.03. The maximum absolute atomic E-state index is 11.9. The summed E-state index contributed by atoms with van der Waals surface area (Å²) in [6.07, 6.45) is 4.94. The van der Waals surface area contributed by atoms with Crippen LogP contribution >= 0.6 is 15.9 Å². The second-order valence-electron chi connectivity index (χ2n) is 3.72. The molecule has 0 saturated heterocycles. The molecule has 0 aliphatic carbocycles. The fraction of sp³-hybridized carbons (Fsp3) is 0. The molecule has 0 spiro atoms. The van der Waals surface area contributed by atoms with E-state index in [0.717, 1.165) is 4.47 Å². The van der Waals surface area contributed by atoms with E-state index in [2.05, 4.69) is 15.9 Å². The monoisotopic (exact) mass is 303 g/mol. The molecule has 18 heavy (non-hydrogen) atoms. The lowest BCUT2D eigenvalue weighted by Gasteiger charge is -1.97. The van der Waals surface area contributed by atoms with E-state index in [9.17, 15) is 4.79 Å². The minimum atomic E-state index is -0.0572. The Balaban J connectivity index is 2.17. The molecule has 4 heteroatoms. The Hall–Kier alpha value is -1.94. The summed E-state index contributed by atoms with van der Waals surface area (Å²) in [7, 11) is 0. The first kappa shape index (κ1) is 12.5. The van der Waals surface area contributed by atoms with Crippen LogP contribution in [0.15, 0.2) is 59.2 Å². The number of aromatic nitrogens is 1. The second-order valence-corrected chi connectivity index (χ2v) is 4.64. The highest BCUT2D eigenvalue weighted by molar-refractivity contribution is 9.10. The zero-order chi connectivity index (χ0) is 13.0. The number of hydrogen-bond acceptors (Lipinski definition) is 2. The molecule has 0 atom stereocenters. The molecule has 1 aromatic heterocycles. The van der Waals surface area contributed by atoms with Crippen LogP contribution in [-0.2, 0) is 0 Å². The van der Waals surface area contributed by atoms with Gasteiger partial charge < -0.3 is 0 Å². The second kappa shape index (κ2) is 5.60. The third kappa shape index (κ3) is 3.05. The molecule has 0 bridgehead atoms. The lowest BCUT2D eigenvalue weighted by molar-refractivity contribution is -0.552. The van der Waals surface area contributed by atoms with Gasteiger partial charge in [0.15, 0.2) is 5.78 Å². The summed E-state index contributed by atoms with van der Waals surface area (Å²) in [5.41, 5.74) is 6.40. The van der Waals surface area contributed by atoms with E-state index in [4.69, 9.17) is 5.73 Å². The van der Waals surface area contributed by atoms with Crippen molar-refractivity contribution in [2.75, 3.05) is 5.73 Å². The molecule has 2 aromatic rings. The maximum atomic E-state index is 11.9. The van der Waals surface area contributed by atoms with Gasteiger partial charge in [0, 0.05) is 22.2 Å². The van der Waals surface area contributed by atoms with E-state index < -0.39 is 0 Å². The Bertz CT molecular complexity index is 591. The Labute approximate surface area is 114 Å². The highest BCUT2D eigenvalue weighted by atomic mass is 79.9. The number of carbonyl (C=O) groups is 1. The van der Waals surface area contributed by atoms with Crippen molar-refractivity contribution >= 4 is 33.7 Å². The predicted octanol–water partition coefficient (Wildman–Crippen LogP) is 2.67. The predicted molar refractivity (Wildman–Crippen MR) is 74.9 cm³/mol. The van der Waals surface area contributed by atoms with Gasteiger partial charge in [-0.1, -0.05) is 22.0 Å². The molecule has 2 rings (SSSR count). The number of pyridine rings is 1. The van der Waals surface area contributed by atoms with Crippen molar-refractivity contribution in [3.05, 3.63) is 64.8 Å². The number of nitrogens with zero attached hydrogens (tertiary/aromatic N) is 1. The van der Waals surface area contributed by atoms with Crippen molar-refractivity contribution in [1.82, 2.24) is 0 Å². The van der Waals surface area contributed by atoms with Crippen LogP contribution in [0, 0.1) is 0 Å². The number of allylic oxidation sites excluding steroid dienone is 1. The van der Waals surface area contributed by atoms with Gasteiger partial charge in [-0.25, -0.2) is 4.57 Å². The van der Waals surface area contributed by atoms with E-state index in [1.807, 2.05) is 24.3 Å². The highest BCUT2D eigenvalue weighted by Crippen LogP contribution is 2.11. The Kier molecular flexibility index (Phi) is 3.89. The average molecular weight is 304 g/mol. The van der Waals surface area contributed by atoms with Crippen LogP contribution in [0.2, 0.25) is 0 Å². The van der Waals surface area contributed by atoms with Crippen molar-refractivity contribution in [2.45, 2.75) is 0 Å². The zero-order valence-corrected chi connectivity index (χ0v) is 11.2. The average Bonchev–Trinajstić information content (AvgIpc) is 2.38. The number of anilines is 1. The summed E-state index contributed by atoms with van der Waals surface area (Å²) < 4.78 is 2.64. The summed E-state index contributed by atoms with van der Waals surface area (Å²) in [5.74, 6) is 0.524. The van der Waals surface area contributed by atoms with Gasteiger partial charge >= 0.3 is 0 Å². The quantitative estimate of drug-likeness (QED) is 0.538. The summed E-state index contributed by atoms with van der Waals surface area (Å²) in [6, 6.07) is 12.7. The Morgan fingerprint density at radius 1 is 1.17 bits per heavy atom. The molecule has 0 radical (unpaired) electrons. The van der Waals surface area contributed by atoms with Gasteiger partial charge in [-0.2, -0.15) is 0 Å². The molecular weight excluding hydrogens is 292 g/mol. The van der Waals surface area contributed by atoms with Crippen LogP contribution in [-0.4, -0.2) is 5.78 Å². The number of carbonyl (C=O) groups excluding carboxylic acids is 1. The van der Waals surface area contributed by atoms with E-state index in [1.54, 1.807) is 35.2 Å². The van der Waals surface area contributed by atoms with Crippen LogP contribution in [0.5, 0.6) is 0 Å². The number of nitrogen functional groups attached to an aromatic ring is 1. The van der Waals surface area contributed by atoms with Gasteiger partial charge in [-0.3, -0.25) is 10.5 Å². The van der Waals surface area contributed by atoms with Crippen molar-refractivity contribution in [3.8, 4) is 0 Å². The fourth-order valence-electron chi connectivity index (χ4n) is 1.46. The van der Waals surface area contributed by atoms with E-state index in [0.29, 0.717) is 11.4 Å². The molecule has 0 saturated carbocycles. The molecular formula is C14H12BrN2O+. The number of nitrogens with two attached hydrogens (primary N) is 1. The Morgan fingerprint density at radius 2 is 1.89 bits per heavy atom. The van der Waals surface area contributed by atoms with Gasteiger partial charge in [0.25, 0.3) is 5.82 Å². The van der Waals surface area contributed by atoms with E-state index in [-0.39, 0.29) is 5.78 Å². The number of halogens is 1.